The molecule has 2 aromatic rings. The summed E-state index contributed by atoms with van der Waals surface area (Å²) in [6, 6.07) is 12.0. The van der Waals surface area contributed by atoms with E-state index in [1.165, 1.54) is 24.8 Å². The number of anilines is 3. The fraction of sp³-hybridized carbons (Fsp3) is 0.368. The van der Waals surface area contributed by atoms with Gasteiger partial charge >= 0.3 is 6.03 Å². The summed E-state index contributed by atoms with van der Waals surface area (Å²) in [5.74, 6) is 0.747. The maximum absolute atomic E-state index is 12.0. The number of urea groups is 1. The molecule has 1 aromatic heterocycles. The summed E-state index contributed by atoms with van der Waals surface area (Å²) in [5.41, 5.74) is 2.90. The highest BCUT2D eigenvalue weighted by molar-refractivity contribution is 5.89. The molecule has 0 radical (unpaired) electrons. The SMILES string of the molecule is Cc1ccc(Nc2ccc(NC(=O)NC3CCCCC3)cn2)cc1. The summed E-state index contributed by atoms with van der Waals surface area (Å²) in [7, 11) is 0. The quantitative estimate of drug-likeness (QED) is 0.770. The van der Waals surface area contributed by atoms with E-state index >= 15 is 0 Å². The van der Waals surface area contributed by atoms with Gasteiger partial charge in [-0.3, -0.25) is 0 Å². The Morgan fingerprint density at radius 1 is 1.00 bits per heavy atom. The third kappa shape index (κ3) is 4.72. The molecule has 1 aromatic carbocycles. The minimum absolute atomic E-state index is 0.150. The van der Waals surface area contributed by atoms with Crippen molar-refractivity contribution < 1.29 is 4.79 Å². The first-order valence-corrected chi connectivity index (χ1v) is 8.56. The standard InChI is InChI=1S/C19H24N4O/c1-14-7-9-16(10-8-14)21-18-12-11-17(13-20-18)23-19(24)22-15-5-3-2-4-6-15/h7-13,15H,2-6H2,1H3,(H,20,21)(H2,22,23,24). The molecule has 1 aliphatic carbocycles. The van der Waals surface area contributed by atoms with Gasteiger partial charge in [-0.2, -0.15) is 0 Å². The van der Waals surface area contributed by atoms with Gasteiger partial charge in [-0.05, 0) is 44.0 Å². The number of hydrogen-bond donors (Lipinski definition) is 3. The number of nitrogens with zero attached hydrogens (tertiary/aromatic N) is 1. The Morgan fingerprint density at radius 3 is 2.38 bits per heavy atom. The lowest BCUT2D eigenvalue weighted by Crippen LogP contribution is -2.39. The van der Waals surface area contributed by atoms with Gasteiger partial charge in [0.15, 0.2) is 0 Å². The van der Waals surface area contributed by atoms with Gasteiger partial charge < -0.3 is 16.0 Å². The molecule has 1 aliphatic rings. The van der Waals surface area contributed by atoms with E-state index in [1.54, 1.807) is 6.20 Å². The van der Waals surface area contributed by atoms with Crippen molar-refractivity contribution in [3.05, 3.63) is 48.2 Å². The Kier molecular flexibility index (Phi) is 5.31. The van der Waals surface area contributed by atoms with E-state index in [9.17, 15) is 4.79 Å². The number of aryl methyl sites for hydroxylation is 1. The Bertz CT molecular complexity index is 661. The number of nitrogens with one attached hydrogen (secondary N) is 3. The van der Waals surface area contributed by atoms with Crippen LogP contribution in [0.4, 0.5) is 22.0 Å². The molecule has 5 nitrogen and oxygen atoms in total. The zero-order chi connectivity index (χ0) is 16.8. The van der Waals surface area contributed by atoms with Gasteiger partial charge in [0.2, 0.25) is 0 Å². The summed E-state index contributed by atoms with van der Waals surface area (Å²) in [4.78, 5) is 16.4. The number of carbonyl (C=O) groups is 1. The van der Waals surface area contributed by atoms with E-state index in [0.717, 1.165) is 24.3 Å². The molecule has 1 fully saturated rings. The van der Waals surface area contributed by atoms with Crippen molar-refractivity contribution in [2.24, 2.45) is 0 Å². The van der Waals surface area contributed by atoms with E-state index < -0.39 is 0 Å². The molecule has 3 rings (SSSR count). The lowest BCUT2D eigenvalue weighted by Gasteiger charge is -2.22. The maximum Gasteiger partial charge on any atom is 0.319 e. The first-order valence-electron chi connectivity index (χ1n) is 8.56. The van der Waals surface area contributed by atoms with Crippen LogP contribution in [0.1, 0.15) is 37.7 Å². The average molecular weight is 324 g/mol. The highest BCUT2D eigenvalue weighted by Crippen LogP contribution is 2.18. The molecule has 0 aliphatic heterocycles. The Balaban J connectivity index is 1.52. The average Bonchev–Trinajstić information content (AvgIpc) is 2.59. The van der Waals surface area contributed by atoms with Crippen molar-refractivity contribution in [1.82, 2.24) is 10.3 Å². The fourth-order valence-corrected chi connectivity index (χ4v) is 2.93. The van der Waals surface area contributed by atoms with E-state index in [2.05, 4.69) is 27.9 Å². The largest absolute Gasteiger partial charge is 0.340 e. The van der Waals surface area contributed by atoms with Gasteiger partial charge in [0, 0.05) is 11.7 Å². The number of carbonyl (C=O) groups excluding carboxylic acids is 1. The van der Waals surface area contributed by atoms with Crippen LogP contribution in [0.15, 0.2) is 42.6 Å². The van der Waals surface area contributed by atoms with Gasteiger partial charge in [0.05, 0.1) is 11.9 Å². The highest BCUT2D eigenvalue weighted by Gasteiger charge is 2.15. The third-order valence-electron chi connectivity index (χ3n) is 4.29. The van der Waals surface area contributed by atoms with Crippen molar-refractivity contribution in [3.8, 4) is 0 Å². The van der Waals surface area contributed by atoms with Gasteiger partial charge in [-0.15, -0.1) is 0 Å². The Hall–Kier alpha value is -2.56. The van der Waals surface area contributed by atoms with Crippen LogP contribution in [0.5, 0.6) is 0 Å². The van der Waals surface area contributed by atoms with E-state index in [4.69, 9.17) is 0 Å². The summed E-state index contributed by atoms with van der Waals surface area (Å²) in [6.45, 7) is 2.06. The monoisotopic (exact) mass is 324 g/mol. The molecule has 1 saturated carbocycles. The summed E-state index contributed by atoms with van der Waals surface area (Å²) in [5, 5.41) is 9.12. The predicted octanol–water partition coefficient (Wildman–Crippen LogP) is 4.59. The van der Waals surface area contributed by atoms with Gasteiger partial charge in [-0.1, -0.05) is 37.0 Å². The minimum atomic E-state index is -0.150. The van der Waals surface area contributed by atoms with Crippen LogP contribution in [-0.2, 0) is 0 Å². The number of benzene rings is 1. The van der Waals surface area contributed by atoms with Crippen LogP contribution in [-0.4, -0.2) is 17.1 Å². The Morgan fingerprint density at radius 2 is 1.71 bits per heavy atom. The summed E-state index contributed by atoms with van der Waals surface area (Å²) < 4.78 is 0. The van der Waals surface area contributed by atoms with Crippen LogP contribution in [0.25, 0.3) is 0 Å². The van der Waals surface area contributed by atoms with Crippen molar-refractivity contribution in [2.45, 2.75) is 45.1 Å². The van der Waals surface area contributed by atoms with E-state index in [1.807, 2.05) is 36.4 Å². The van der Waals surface area contributed by atoms with Crippen LogP contribution < -0.4 is 16.0 Å². The molecule has 2 amide bonds. The molecule has 3 N–H and O–H groups in total. The van der Waals surface area contributed by atoms with Gasteiger partial charge in [0.25, 0.3) is 0 Å². The lowest BCUT2D eigenvalue weighted by atomic mass is 9.96. The topological polar surface area (TPSA) is 66.0 Å². The molecule has 0 spiro atoms. The maximum atomic E-state index is 12.0. The molecule has 0 saturated heterocycles. The molecule has 126 valence electrons. The fourth-order valence-electron chi connectivity index (χ4n) is 2.93. The third-order valence-corrected chi connectivity index (χ3v) is 4.29. The van der Waals surface area contributed by atoms with Crippen LogP contribution in [0.3, 0.4) is 0 Å². The molecular weight excluding hydrogens is 300 g/mol. The lowest BCUT2D eigenvalue weighted by molar-refractivity contribution is 0.244. The Labute approximate surface area is 142 Å². The first-order chi connectivity index (χ1) is 11.7. The van der Waals surface area contributed by atoms with Gasteiger partial charge in [-0.25, -0.2) is 9.78 Å². The number of amides is 2. The van der Waals surface area contributed by atoms with Crippen molar-refractivity contribution in [3.63, 3.8) is 0 Å². The second-order valence-electron chi connectivity index (χ2n) is 6.36. The highest BCUT2D eigenvalue weighted by atomic mass is 16.2. The number of aromatic nitrogens is 1. The minimum Gasteiger partial charge on any atom is -0.340 e. The first kappa shape index (κ1) is 16.3. The smallest absolute Gasteiger partial charge is 0.319 e. The molecule has 0 unspecified atom stereocenters. The van der Waals surface area contributed by atoms with Crippen molar-refractivity contribution in [2.75, 3.05) is 10.6 Å². The molecule has 0 atom stereocenters. The molecule has 0 bridgehead atoms. The second-order valence-corrected chi connectivity index (χ2v) is 6.36. The van der Waals surface area contributed by atoms with Gasteiger partial charge in [0.1, 0.15) is 5.82 Å². The molecule has 5 heteroatoms. The molecule has 1 heterocycles. The van der Waals surface area contributed by atoms with Crippen molar-refractivity contribution in [1.29, 1.82) is 0 Å². The molecular formula is C19H24N4O. The van der Waals surface area contributed by atoms with Crippen LogP contribution in [0, 0.1) is 6.92 Å². The van der Waals surface area contributed by atoms with Crippen LogP contribution in [0.2, 0.25) is 0 Å². The van der Waals surface area contributed by atoms with Crippen molar-refractivity contribution >= 4 is 23.2 Å². The normalized spacial score (nSPS) is 14.9. The second kappa shape index (κ2) is 7.81. The summed E-state index contributed by atoms with van der Waals surface area (Å²) in [6.07, 6.45) is 7.49. The zero-order valence-electron chi connectivity index (χ0n) is 14.0. The summed E-state index contributed by atoms with van der Waals surface area (Å²) >= 11 is 0. The number of pyridine rings is 1. The predicted molar refractivity (Wildman–Crippen MR) is 97.7 cm³/mol. The van der Waals surface area contributed by atoms with E-state index in [0.29, 0.717) is 11.7 Å². The number of rotatable bonds is 4. The molecule has 24 heavy (non-hydrogen) atoms. The van der Waals surface area contributed by atoms with E-state index in [-0.39, 0.29) is 6.03 Å². The number of hydrogen-bond acceptors (Lipinski definition) is 3. The zero-order valence-corrected chi connectivity index (χ0v) is 14.0. The van der Waals surface area contributed by atoms with Crippen LogP contribution >= 0.6 is 0 Å².